The van der Waals surface area contributed by atoms with Gasteiger partial charge in [-0.15, -0.1) is 0 Å². The van der Waals surface area contributed by atoms with Gasteiger partial charge in [-0.1, -0.05) is 29.3 Å². The number of nitrogens with zero attached hydrogens (tertiary/aromatic N) is 1. The molecule has 2 rings (SSSR count). The number of nitrogens with one attached hydrogen (secondary N) is 1. The van der Waals surface area contributed by atoms with E-state index >= 15 is 0 Å². The smallest absolute Gasteiger partial charge is 0.340 e. The summed E-state index contributed by atoms with van der Waals surface area (Å²) >= 11 is 12.4. The lowest BCUT2D eigenvalue weighted by Gasteiger charge is -2.09. The van der Waals surface area contributed by atoms with E-state index in [0.717, 1.165) is 11.5 Å². The third kappa shape index (κ3) is 3.13. The fraction of sp³-hybridized carbons (Fsp3) is 0.0909. The van der Waals surface area contributed by atoms with Crippen LogP contribution in [-0.4, -0.2) is 23.9 Å². The summed E-state index contributed by atoms with van der Waals surface area (Å²) in [4.78, 5) is 10.8. The van der Waals surface area contributed by atoms with Gasteiger partial charge in [0.25, 0.3) is 10.0 Å². The Balaban J connectivity index is 2.51. The Hall–Kier alpha value is -1.35. The van der Waals surface area contributed by atoms with Gasteiger partial charge in [0, 0.05) is 0 Å². The SMILES string of the molecule is Cc1nsc(NS(=O)(=O)c2c(Cl)cccc2Cl)c1C(=O)O. The van der Waals surface area contributed by atoms with E-state index in [1.807, 2.05) is 0 Å². The molecule has 112 valence electrons. The number of carboxylic acid groups (broad SMARTS) is 1. The van der Waals surface area contributed by atoms with E-state index in [9.17, 15) is 13.2 Å². The number of hydrogen-bond acceptors (Lipinski definition) is 5. The Bertz CT molecular complexity index is 797. The maximum Gasteiger partial charge on any atom is 0.340 e. The summed E-state index contributed by atoms with van der Waals surface area (Å²) in [5, 5.41) is 8.87. The second-order valence-corrected chi connectivity index (χ2v) is 7.14. The third-order valence-corrected chi connectivity index (χ3v) is 5.78. The van der Waals surface area contributed by atoms with E-state index in [4.69, 9.17) is 28.3 Å². The van der Waals surface area contributed by atoms with Gasteiger partial charge in [0.1, 0.15) is 15.5 Å². The van der Waals surface area contributed by atoms with E-state index < -0.39 is 16.0 Å². The zero-order valence-corrected chi connectivity index (χ0v) is 13.6. The van der Waals surface area contributed by atoms with Crippen LogP contribution in [0, 0.1) is 6.92 Å². The van der Waals surface area contributed by atoms with Crippen molar-refractivity contribution in [1.29, 1.82) is 0 Å². The molecule has 1 aromatic heterocycles. The van der Waals surface area contributed by atoms with Crippen LogP contribution in [0.3, 0.4) is 0 Å². The summed E-state index contributed by atoms with van der Waals surface area (Å²) < 4.78 is 30.7. The molecule has 0 bridgehead atoms. The highest BCUT2D eigenvalue weighted by Crippen LogP contribution is 2.33. The minimum absolute atomic E-state index is 0.0619. The normalized spacial score (nSPS) is 11.4. The van der Waals surface area contributed by atoms with Crippen molar-refractivity contribution in [2.45, 2.75) is 11.8 Å². The molecule has 0 spiro atoms. The zero-order chi connectivity index (χ0) is 15.8. The topological polar surface area (TPSA) is 96.4 Å². The average molecular weight is 367 g/mol. The molecule has 0 unspecified atom stereocenters. The summed E-state index contributed by atoms with van der Waals surface area (Å²) in [5.41, 5.74) is 0.0159. The number of aromatic carboxylic acids is 1. The minimum Gasteiger partial charge on any atom is -0.478 e. The minimum atomic E-state index is -4.12. The van der Waals surface area contributed by atoms with Gasteiger partial charge in [0.2, 0.25) is 0 Å². The monoisotopic (exact) mass is 366 g/mol. The Morgan fingerprint density at radius 3 is 2.43 bits per heavy atom. The fourth-order valence-corrected chi connectivity index (χ4v) is 4.83. The number of carboxylic acids is 1. The van der Waals surface area contributed by atoms with Gasteiger partial charge in [-0.05, 0) is 30.6 Å². The lowest BCUT2D eigenvalue weighted by Crippen LogP contribution is -2.15. The summed E-state index contributed by atoms with van der Waals surface area (Å²) in [7, 11) is -4.12. The Kier molecular flexibility index (Phi) is 4.43. The van der Waals surface area contributed by atoms with Gasteiger partial charge in [0.05, 0.1) is 15.7 Å². The molecule has 21 heavy (non-hydrogen) atoms. The summed E-state index contributed by atoms with van der Waals surface area (Å²) in [6.45, 7) is 1.47. The predicted octanol–water partition coefficient (Wildman–Crippen LogP) is 3.26. The van der Waals surface area contributed by atoms with Gasteiger partial charge in [-0.25, -0.2) is 13.2 Å². The molecular formula is C11H8Cl2N2O4S2. The Morgan fingerprint density at radius 1 is 1.33 bits per heavy atom. The number of aryl methyl sites for hydroxylation is 1. The summed E-state index contributed by atoms with van der Waals surface area (Å²) in [5.74, 6) is -1.27. The van der Waals surface area contributed by atoms with Crippen LogP contribution >= 0.6 is 34.7 Å². The van der Waals surface area contributed by atoms with Gasteiger partial charge in [-0.2, -0.15) is 4.37 Å². The molecule has 2 aromatic rings. The van der Waals surface area contributed by atoms with Crippen molar-refractivity contribution in [1.82, 2.24) is 4.37 Å². The highest BCUT2D eigenvalue weighted by Gasteiger charge is 2.26. The number of benzene rings is 1. The van der Waals surface area contributed by atoms with Crippen LogP contribution in [0.5, 0.6) is 0 Å². The maximum atomic E-state index is 12.3. The lowest BCUT2D eigenvalue weighted by atomic mass is 10.2. The first-order valence-corrected chi connectivity index (χ1v) is 8.41. The molecule has 6 nitrogen and oxygen atoms in total. The molecule has 0 saturated carbocycles. The summed E-state index contributed by atoms with van der Waals surface area (Å²) in [6, 6.07) is 4.25. The molecule has 2 N–H and O–H groups in total. The van der Waals surface area contributed by atoms with Crippen molar-refractivity contribution < 1.29 is 18.3 Å². The number of anilines is 1. The largest absolute Gasteiger partial charge is 0.478 e. The Morgan fingerprint density at radius 2 is 1.90 bits per heavy atom. The quantitative estimate of drug-likeness (QED) is 0.865. The zero-order valence-electron chi connectivity index (χ0n) is 10.4. The van der Waals surface area contributed by atoms with Crippen molar-refractivity contribution in [3.63, 3.8) is 0 Å². The Labute approximate surface area is 134 Å². The number of hydrogen-bond donors (Lipinski definition) is 2. The number of aromatic nitrogens is 1. The van der Waals surface area contributed by atoms with Gasteiger partial charge >= 0.3 is 5.97 Å². The van der Waals surface area contributed by atoms with E-state index in [1.54, 1.807) is 0 Å². The summed E-state index contributed by atoms with van der Waals surface area (Å²) in [6.07, 6.45) is 0. The maximum absolute atomic E-state index is 12.3. The highest BCUT2D eigenvalue weighted by molar-refractivity contribution is 7.93. The molecule has 0 aliphatic carbocycles. The highest BCUT2D eigenvalue weighted by atomic mass is 35.5. The van der Waals surface area contributed by atoms with E-state index in [2.05, 4.69) is 9.10 Å². The van der Waals surface area contributed by atoms with Crippen molar-refractivity contribution in [2.24, 2.45) is 0 Å². The van der Waals surface area contributed by atoms with Crippen LogP contribution in [-0.2, 0) is 10.0 Å². The molecule has 0 saturated heterocycles. The van der Waals surface area contributed by atoms with E-state index in [1.165, 1.54) is 25.1 Å². The van der Waals surface area contributed by atoms with Gasteiger partial charge in [-0.3, -0.25) is 4.72 Å². The molecule has 0 aliphatic rings. The second kappa shape index (κ2) is 5.80. The van der Waals surface area contributed by atoms with Gasteiger partial charge in [0.15, 0.2) is 0 Å². The van der Waals surface area contributed by atoms with E-state index in [-0.39, 0.29) is 31.2 Å². The van der Waals surface area contributed by atoms with Crippen LogP contribution in [0.1, 0.15) is 16.1 Å². The molecule has 10 heteroatoms. The van der Waals surface area contributed by atoms with Gasteiger partial charge < -0.3 is 5.11 Å². The molecular weight excluding hydrogens is 359 g/mol. The number of halogens is 2. The van der Waals surface area contributed by atoms with Crippen molar-refractivity contribution >= 4 is 55.7 Å². The predicted molar refractivity (Wildman–Crippen MR) is 81.1 cm³/mol. The molecule has 0 fully saturated rings. The van der Waals surface area contributed by atoms with Crippen molar-refractivity contribution in [3.8, 4) is 0 Å². The lowest BCUT2D eigenvalue weighted by molar-refractivity contribution is 0.0697. The van der Waals surface area contributed by atoms with Crippen LogP contribution in [0.25, 0.3) is 0 Å². The third-order valence-electron chi connectivity index (χ3n) is 2.49. The first-order chi connectivity index (χ1) is 9.74. The first kappa shape index (κ1) is 16.0. The molecule has 0 aliphatic heterocycles. The fourth-order valence-electron chi connectivity index (χ4n) is 1.60. The molecule has 0 atom stereocenters. The first-order valence-electron chi connectivity index (χ1n) is 5.40. The molecule has 0 radical (unpaired) electrons. The number of carbonyl (C=O) groups is 1. The molecule has 1 heterocycles. The average Bonchev–Trinajstić information content (AvgIpc) is 2.68. The standard InChI is InChI=1S/C11H8Cl2N2O4S2/c1-5-8(11(16)17)10(20-14-5)15-21(18,19)9-6(12)3-2-4-7(9)13/h2-4,15H,1H3,(H,16,17). The van der Waals surface area contributed by atoms with Crippen molar-refractivity contribution in [2.75, 3.05) is 4.72 Å². The number of sulfonamides is 1. The number of rotatable bonds is 4. The van der Waals surface area contributed by atoms with Crippen LogP contribution in [0.2, 0.25) is 10.0 Å². The van der Waals surface area contributed by atoms with Crippen LogP contribution in [0.15, 0.2) is 23.1 Å². The molecule has 0 amide bonds. The van der Waals surface area contributed by atoms with Crippen molar-refractivity contribution in [3.05, 3.63) is 39.5 Å². The molecule has 1 aromatic carbocycles. The second-order valence-electron chi connectivity index (χ2n) is 3.93. The van der Waals surface area contributed by atoms with Crippen LogP contribution < -0.4 is 4.72 Å². The van der Waals surface area contributed by atoms with Crippen LogP contribution in [0.4, 0.5) is 5.00 Å². The van der Waals surface area contributed by atoms with E-state index in [0.29, 0.717) is 0 Å².